The monoisotopic (exact) mass is 524 g/mol. The summed E-state index contributed by atoms with van der Waals surface area (Å²) in [6.45, 7) is 6.29. The zero-order chi connectivity index (χ0) is 27.7. The summed E-state index contributed by atoms with van der Waals surface area (Å²) in [5, 5.41) is 14.2. The number of carboxylic acid groups (broad SMARTS) is 1. The molecule has 0 aromatic heterocycles. The van der Waals surface area contributed by atoms with Crippen molar-refractivity contribution >= 4 is 24.1 Å². The van der Waals surface area contributed by atoms with E-state index in [1.165, 1.54) is 6.08 Å². The summed E-state index contributed by atoms with van der Waals surface area (Å²) in [7, 11) is 0. The number of carbonyl (C=O) groups is 4. The third kappa shape index (κ3) is 6.90. The number of esters is 1. The average Bonchev–Trinajstić information content (AvgIpc) is 3.24. The first-order valence-electron chi connectivity index (χ1n) is 12.3. The van der Waals surface area contributed by atoms with Crippen LogP contribution < -0.4 is 10.6 Å². The average molecular weight is 525 g/mol. The lowest BCUT2D eigenvalue weighted by atomic mass is 9.98. The molecule has 3 N–H and O–H groups in total. The first-order chi connectivity index (χ1) is 18.3. The lowest BCUT2D eigenvalue weighted by Gasteiger charge is -2.23. The van der Waals surface area contributed by atoms with E-state index in [9.17, 15) is 24.3 Å². The summed E-state index contributed by atoms with van der Waals surface area (Å²) in [5.41, 5.74) is 4.15. The molecule has 0 spiro atoms. The minimum absolute atomic E-state index is 0.00117. The van der Waals surface area contributed by atoms with E-state index in [1.54, 1.807) is 6.92 Å². The molecule has 0 heterocycles. The summed E-state index contributed by atoms with van der Waals surface area (Å²) in [5.74, 6) is -2.78. The Morgan fingerprint density at radius 1 is 0.947 bits per heavy atom. The maximum atomic E-state index is 12.6. The highest BCUT2D eigenvalue weighted by atomic mass is 16.6. The van der Waals surface area contributed by atoms with Gasteiger partial charge in [0.05, 0.1) is 0 Å². The number of hydrogen-bond donors (Lipinski definition) is 3. The minimum atomic E-state index is -1.56. The summed E-state index contributed by atoms with van der Waals surface area (Å²) < 4.78 is 15.4. The molecule has 2 aromatic rings. The van der Waals surface area contributed by atoms with Crippen LogP contribution in [-0.2, 0) is 23.8 Å². The highest BCUT2D eigenvalue weighted by molar-refractivity contribution is 5.83. The summed E-state index contributed by atoms with van der Waals surface area (Å²) in [6.07, 6.45) is 0.114. The lowest BCUT2D eigenvalue weighted by molar-refractivity contribution is -0.151. The maximum absolute atomic E-state index is 12.6. The number of rotatable bonds is 12. The van der Waals surface area contributed by atoms with Gasteiger partial charge in [-0.1, -0.05) is 81.5 Å². The van der Waals surface area contributed by atoms with Gasteiger partial charge in [-0.3, -0.25) is 0 Å². The Morgan fingerprint density at radius 2 is 1.53 bits per heavy atom. The van der Waals surface area contributed by atoms with Gasteiger partial charge in [0.2, 0.25) is 0 Å². The maximum Gasteiger partial charge on any atom is 0.408 e. The molecule has 0 saturated heterocycles. The summed E-state index contributed by atoms with van der Waals surface area (Å²) in [4.78, 5) is 48.8. The fraction of sp³-hybridized carbons (Fsp3) is 0.357. The number of carbonyl (C=O) groups excluding carboxylic acids is 3. The highest BCUT2D eigenvalue weighted by Crippen LogP contribution is 2.44. The second-order valence-corrected chi connectivity index (χ2v) is 8.89. The quantitative estimate of drug-likeness (QED) is 0.216. The van der Waals surface area contributed by atoms with Gasteiger partial charge in [-0.15, -0.1) is 0 Å². The molecule has 3 atom stereocenters. The molecule has 0 radical (unpaired) electrons. The second-order valence-electron chi connectivity index (χ2n) is 8.89. The molecule has 0 bridgehead atoms. The molecule has 1 aliphatic carbocycles. The van der Waals surface area contributed by atoms with Gasteiger partial charge in [0.1, 0.15) is 25.9 Å². The SMILES string of the molecule is C=CCOC(=O)NC(C(=O)OCC(NC(=O)OCC1c2ccccc2-c2ccccc21)C(=O)O)C(C)CC. The van der Waals surface area contributed by atoms with Crippen LogP contribution in [0.15, 0.2) is 61.2 Å². The number of nitrogens with one attached hydrogen (secondary N) is 2. The standard InChI is InChI=1S/C28H32N2O8/c1-4-14-36-28(35)30-24(17(3)5-2)26(33)37-16-23(25(31)32)29-27(34)38-15-22-20-12-8-6-10-18(20)19-11-7-9-13-21(19)22/h4,6-13,17,22-24H,1,5,14-16H2,2-3H3,(H,29,34)(H,30,35)(H,31,32). The van der Waals surface area contributed by atoms with E-state index in [0.29, 0.717) is 6.42 Å². The van der Waals surface area contributed by atoms with Crippen molar-refractivity contribution in [2.45, 2.75) is 38.3 Å². The zero-order valence-corrected chi connectivity index (χ0v) is 21.3. The van der Waals surface area contributed by atoms with Gasteiger partial charge < -0.3 is 30.0 Å². The Labute approximate surface area is 221 Å². The zero-order valence-electron chi connectivity index (χ0n) is 21.3. The van der Waals surface area contributed by atoms with Crippen LogP contribution in [-0.4, -0.2) is 61.1 Å². The Morgan fingerprint density at radius 3 is 2.08 bits per heavy atom. The fourth-order valence-corrected chi connectivity index (χ4v) is 4.18. The molecular formula is C28H32N2O8. The first-order valence-corrected chi connectivity index (χ1v) is 12.3. The molecule has 2 aromatic carbocycles. The number of carboxylic acids is 1. The molecular weight excluding hydrogens is 492 g/mol. The van der Waals surface area contributed by atoms with Gasteiger partial charge in [0.25, 0.3) is 0 Å². The van der Waals surface area contributed by atoms with Crippen molar-refractivity contribution in [1.82, 2.24) is 10.6 Å². The number of ether oxygens (including phenoxy) is 3. The Bertz CT molecular complexity index is 1140. The normalized spacial score (nSPS) is 14.2. The van der Waals surface area contributed by atoms with Crippen molar-refractivity contribution in [2.75, 3.05) is 19.8 Å². The van der Waals surface area contributed by atoms with E-state index < -0.39 is 42.8 Å². The van der Waals surface area contributed by atoms with E-state index in [1.807, 2.05) is 55.5 Å². The van der Waals surface area contributed by atoms with Gasteiger partial charge in [-0.25, -0.2) is 19.2 Å². The molecule has 10 heteroatoms. The molecule has 0 saturated carbocycles. The van der Waals surface area contributed by atoms with Crippen molar-refractivity contribution in [3.63, 3.8) is 0 Å². The van der Waals surface area contributed by atoms with Crippen LogP contribution in [0.5, 0.6) is 0 Å². The lowest BCUT2D eigenvalue weighted by Crippen LogP contribution is -2.49. The van der Waals surface area contributed by atoms with Crippen LogP contribution in [0.1, 0.15) is 37.3 Å². The van der Waals surface area contributed by atoms with Gasteiger partial charge in [-0.2, -0.15) is 0 Å². The van der Waals surface area contributed by atoms with Crippen molar-refractivity contribution in [3.05, 3.63) is 72.3 Å². The van der Waals surface area contributed by atoms with Gasteiger partial charge >= 0.3 is 24.1 Å². The van der Waals surface area contributed by atoms with E-state index in [4.69, 9.17) is 14.2 Å². The van der Waals surface area contributed by atoms with Crippen molar-refractivity contribution in [1.29, 1.82) is 0 Å². The molecule has 202 valence electrons. The molecule has 2 amide bonds. The molecule has 3 unspecified atom stereocenters. The Balaban J connectivity index is 1.58. The smallest absolute Gasteiger partial charge is 0.408 e. The van der Waals surface area contributed by atoms with Crippen LogP contribution in [0.3, 0.4) is 0 Å². The largest absolute Gasteiger partial charge is 0.480 e. The van der Waals surface area contributed by atoms with Gasteiger partial charge in [0, 0.05) is 5.92 Å². The summed E-state index contributed by atoms with van der Waals surface area (Å²) >= 11 is 0. The van der Waals surface area contributed by atoms with Crippen molar-refractivity contribution < 1.29 is 38.5 Å². The molecule has 10 nitrogen and oxygen atoms in total. The number of alkyl carbamates (subject to hydrolysis) is 2. The van der Waals surface area contributed by atoms with E-state index >= 15 is 0 Å². The topological polar surface area (TPSA) is 140 Å². The van der Waals surface area contributed by atoms with Crippen LogP contribution in [0.25, 0.3) is 11.1 Å². The van der Waals surface area contributed by atoms with Crippen LogP contribution in [0.2, 0.25) is 0 Å². The number of hydrogen-bond acceptors (Lipinski definition) is 7. The van der Waals surface area contributed by atoms with Crippen molar-refractivity contribution in [3.8, 4) is 11.1 Å². The van der Waals surface area contributed by atoms with Gasteiger partial charge in [0.15, 0.2) is 6.04 Å². The van der Waals surface area contributed by atoms with Gasteiger partial charge in [-0.05, 0) is 28.2 Å². The second kappa shape index (κ2) is 13.3. The van der Waals surface area contributed by atoms with E-state index in [2.05, 4.69) is 17.2 Å². The summed E-state index contributed by atoms with van der Waals surface area (Å²) in [6, 6.07) is 13.0. The number of benzene rings is 2. The predicted molar refractivity (Wildman–Crippen MR) is 139 cm³/mol. The van der Waals surface area contributed by atoms with E-state index in [0.717, 1.165) is 22.3 Å². The fourth-order valence-electron chi connectivity index (χ4n) is 4.18. The Hall–Kier alpha value is -4.34. The molecule has 1 aliphatic rings. The predicted octanol–water partition coefficient (Wildman–Crippen LogP) is 3.85. The van der Waals surface area contributed by atoms with E-state index in [-0.39, 0.29) is 25.0 Å². The van der Waals surface area contributed by atoms with Crippen LogP contribution in [0, 0.1) is 5.92 Å². The Kier molecular flexibility index (Phi) is 9.86. The number of aliphatic carboxylic acids is 1. The molecule has 0 aliphatic heterocycles. The van der Waals surface area contributed by atoms with Crippen LogP contribution >= 0.6 is 0 Å². The number of amides is 2. The minimum Gasteiger partial charge on any atom is -0.480 e. The molecule has 3 rings (SSSR count). The van der Waals surface area contributed by atoms with Crippen LogP contribution in [0.4, 0.5) is 9.59 Å². The molecule has 38 heavy (non-hydrogen) atoms. The highest BCUT2D eigenvalue weighted by Gasteiger charge is 2.32. The van der Waals surface area contributed by atoms with Crippen molar-refractivity contribution in [2.24, 2.45) is 5.92 Å². The number of fused-ring (bicyclic) bond motifs is 3. The first kappa shape index (κ1) is 28.2. The third-order valence-electron chi connectivity index (χ3n) is 6.40. The molecule has 0 fully saturated rings. The third-order valence-corrected chi connectivity index (χ3v) is 6.40.